The van der Waals surface area contributed by atoms with Gasteiger partial charge in [0.05, 0.1) is 13.2 Å². The molecule has 4 nitrogen and oxygen atoms in total. The minimum atomic E-state index is -0.363. The lowest BCUT2D eigenvalue weighted by atomic mass is 10.2. The van der Waals surface area contributed by atoms with Crippen molar-refractivity contribution in [3.05, 3.63) is 42.0 Å². The van der Waals surface area contributed by atoms with E-state index in [0.29, 0.717) is 25.3 Å². The zero-order valence-electron chi connectivity index (χ0n) is 10.9. The van der Waals surface area contributed by atoms with E-state index in [-0.39, 0.29) is 5.97 Å². The summed E-state index contributed by atoms with van der Waals surface area (Å²) in [7, 11) is 1.66. The molecule has 0 aliphatic rings. The molecule has 0 amide bonds. The number of esters is 1. The predicted octanol–water partition coefficient (Wildman–Crippen LogP) is 2.36. The van der Waals surface area contributed by atoms with Gasteiger partial charge in [-0.25, -0.2) is 4.79 Å². The van der Waals surface area contributed by atoms with Crippen LogP contribution in [0, 0.1) is 0 Å². The molecule has 0 heterocycles. The molecule has 1 rings (SSSR count). The van der Waals surface area contributed by atoms with Crippen LogP contribution in [0.3, 0.4) is 0 Å². The predicted molar refractivity (Wildman–Crippen MR) is 71.4 cm³/mol. The minimum Gasteiger partial charge on any atom is -0.463 e. The lowest BCUT2D eigenvalue weighted by molar-refractivity contribution is -0.138. The van der Waals surface area contributed by atoms with Crippen molar-refractivity contribution >= 4 is 11.7 Å². The molecule has 0 aliphatic carbocycles. The van der Waals surface area contributed by atoms with E-state index >= 15 is 0 Å². The number of methoxy groups -OCH3 is 1. The molecule has 0 saturated heterocycles. The standard InChI is InChI=1S/C14H19NO3/c1-4-18-14(16)11(2)9-15-13-7-5-6-12(8-13)10-17-3/h5-8,15H,2,4,9-10H2,1,3H3. The maximum absolute atomic E-state index is 11.4. The van der Waals surface area contributed by atoms with E-state index in [1.54, 1.807) is 14.0 Å². The number of nitrogens with one attached hydrogen (secondary N) is 1. The zero-order chi connectivity index (χ0) is 13.4. The van der Waals surface area contributed by atoms with Crippen LogP contribution >= 0.6 is 0 Å². The number of carbonyl (C=O) groups excluding carboxylic acids is 1. The third-order valence-electron chi connectivity index (χ3n) is 2.31. The number of benzene rings is 1. The maximum Gasteiger partial charge on any atom is 0.335 e. The molecular formula is C14H19NO3. The Morgan fingerprint density at radius 3 is 2.89 bits per heavy atom. The first-order valence-electron chi connectivity index (χ1n) is 5.84. The molecule has 0 radical (unpaired) electrons. The monoisotopic (exact) mass is 249 g/mol. The summed E-state index contributed by atoms with van der Waals surface area (Å²) in [4.78, 5) is 11.4. The van der Waals surface area contributed by atoms with E-state index in [9.17, 15) is 4.79 Å². The van der Waals surface area contributed by atoms with Gasteiger partial charge < -0.3 is 14.8 Å². The fraction of sp³-hybridized carbons (Fsp3) is 0.357. The van der Waals surface area contributed by atoms with Gasteiger partial charge in [-0.15, -0.1) is 0 Å². The Labute approximate surface area is 108 Å². The Balaban J connectivity index is 2.50. The van der Waals surface area contributed by atoms with Gasteiger partial charge in [0.25, 0.3) is 0 Å². The Kier molecular flexibility index (Phi) is 5.94. The van der Waals surface area contributed by atoms with Gasteiger partial charge >= 0.3 is 5.97 Å². The third kappa shape index (κ3) is 4.59. The van der Waals surface area contributed by atoms with Gasteiger partial charge in [0.15, 0.2) is 0 Å². The van der Waals surface area contributed by atoms with Crippen LogP contribution in [0.15, 0.2) is 36.4 Å². The highest BCUT2D eigenvalue weighted by Crippen LogP contribution is 2.12. The molecule has 18 heavy (non-hydrogen) atoms. The molecule has 1 aromatic rings. The molecular weight excluding hydrogens is 230 g/mol. The number of anilines is 1. The van der Waals surface area contributed by atoms with Crippen LogP contribution in [0.2, 0.25) is 0 Å². The Hall–Kier alpha value is -1.81. The van der Waals surface area contributed by atoms with E-state index in [0.717, 1.165) is 11.3 Å². The molecule has 0 saturated carbocycles. The second-order valence-corrected chi connectivity index (χ2v) is 3.81. The smallest absolute Gasteiger partial charge is 0.335 e. The van der Waals surface area contributed by atoms with Crippen LogP contribution in [-0.4, -0.2) is 26.2 Å². The normalized spacial score (nSPS) is 9.89. The van der Waals surface area contributed by atoms with Crippen LogP contribution in [0.4, 0.5) is 5.69 Å². The van der Waals surface area contributed by atoms with E-state index < -0.39 is 0 Å². The van der Waals surface area contributed by atoms with Gasteiger partial charge in [0.1, 0.15) is 0 Å². The largest absolute Gasteiger partial charge is 0.463 e. The summed E-state index contributed by atoms with van der Waals surface area (Å²) in [5, 5.41) is 3.13. The van der Waals surface area contributed by atoms with Crippen molar-refractivity contribution in [1.82, 2.24) is 0 Å². The Morgan fingerprint density at radius 1 is 1.44 bits per heavy atom. The summed E-state index contributed by atoms with van der Waals surface area (Å²) in [5.74, 6) is -0.363. The van der Waals surface area contributed by atoms with Crippen LogP contribution in [0.25, 0.3) is 0 Å². The first-order valence-corrected chi connectivity index (χ1v) is 5.84. The summed E-state index contributed by atoms with van der Waals surface area (Å²) in [5.41, 5.74) is 2.41. The second-order valence-electron chi connectivity index (χ2n) is 3.81. The fourth-order valence-electron chi connectivity index (χ4n) is 1.45. The summed E-state index contributed by atoms with van der Waals surface area (Å²) in [6.45, 7) is 6.75. The van der Waals surface area contributed by atoms with Gasteiger partial charge in [0, 0.05) is 24.9 Å². The topological polar surface area (TPSA) is 47.6 Å². The second kappa shape index (κ2) is 7.50. The van der Waals surface area contributed by atoms with Crippen molar-refractivity contribution in [2.45, 2.75) is 13.5 Å². The van der Waals surface area contributed by atoms with Crippen molar-refractivity contribution in [2.24, 2.45) is 0 Å². The van der Waals surface area contributed by atoms with E-state index in [1.807, 2.05) is 24.3 Å². The first-order chi connectivity index (χ1) is 8.67. The minimum absolute atomic E-state index is 0.362. The molecule has 0 aromatic heterocycles. The summed E-state index contributed by atoms with van der Waals surface area (Å²) < 4.78 is 9.92. The van der Waals surface area contributed by atoms with Gasteiger partial charge in [-0.1, -0.05) is 18.7 Å². The van der Waals surface area contributed by atoms with Gasteiger partial charge in [0.2, 0.25) is 0 Å². The average Bonchev–Trinajstić information content (AvgIpc) is 2.37. The summed E-state index contributed by atoms with van der Waals surface area (Å²) in [6.07, 6.45) is 0. The number of rotatable bonds is 7. The van der Waals surface area contributed by atoms with Crippen LogP contribution in [0.5, 0.6) is 0 Å². The number of ether oxygens (including phenoxy) is 2. The zero-order valence-corrected chi connectivity index (χ0v) is 10.9. The first kappa shape index (κ1) is 14.3. The van der Waals surface area contributed by atoms with Crippen molar-refractivity contribution in [3.63, 3.8) is 0 Å². The Morgan fingerprint density at radius 2 is 2.22 bits per heavy atom. The summed E-state index contributed by atoms with van der Waals surface area (Å²) >= 11 is 0. The number of hydrogen-bond donors (Lipinski definition) is 1. The lowest BCUT2D eigenvalue weighted by Gasteiger charge is -2.09. The molecule has 0 aliphatic heterocycles. The van der Waals surface area contributed by atoms with Crippen LogP contribution in [0.1, 0.15) is 12.5 Å². The van der Waals surface area contributed by atoms with Crippen LogP contribution in [-0.2, 0) is 20.9 Å². The quantitative estimate of drug-likeness (QED) is 0.595. The highest BCUT2D eigenvalue weighted by atomic mass is 16.5. The maximum atomic E-state index is 11.4. The molecule has 1 aromatic carbocycles. The third-order valence-corrected chi connectivity index (χ3v) is 2.31. The highest BCUT2D eigenvalue weighted by molar-refractivity contribution is 5.88. The summed E-state index contributed by atoms with van der Waals surface area (Å²) in [6, 6.07) is 7.82. The van der Waals surface area contributed by atoms with Crippen molar-refractivity contribution in [1.29, 1.82) is 0 Å². The highest BCUT2D eigenvalue weighted by Gasteiger charge is 2.07. The van der Waals surface area contributed by atoms with E-state index in [2.05, 4.69) is 11.9 Å². The van der Waals surface area contributed by atoms with Crippen LogP contribution < -0.4 is 5.32 Å². The molecule has 4 heteroatoms. The molecule has 98 valence electrons. The molecule has 0 atom stereocenters. The van der Waals surface area contributed by atoms with E-state index in [4.69, 9.17) is 9.47 Å². The molecule has 0 bridgehead atoms. The van der Waals surface area contributed by atoms with E-state index in [1.165, 1.54) is 0 Å². The SMILES string of the molecule is C=C(CNc1cccc(COC)c1)C(=O)OCC. The Bertz CT molecular complexity index is 415. The number of hydrogen-bond acceptors (Lipinski definition) is 4. The van der Waals surface area contributed by atoms with Gasteiger partial charge in [-0.3, -0.25) is 0 Å². The van der Waals surface area contributed by atoms with Crippen molar-refractivity contribution in [3.8, 4) is 0 Å². The molecule has 1 N–H and O–H groups in total. The van der Waals surface area contributed by atoms with Gasteiger partial charge in [-0.05, 0) is 24.6 Å². The fourth-order valence-corrected chi connectivity index (χ4v) is 1.45. The van der Waals surface area contributed by atoms with Crippen molar-refractivity contribution in [2.75, 3.05) is 25.6 Å². The van der Waals surface area contributed by atoms with Gasteiger partial charge in [-0.2, -0.15) is 0 Å². The molecule has 0 fully saturated rings. The molecule has 0 spiro atoms. The lowest BCUT2D eigenvalue weighted by Crippen LogP contribution is -2.14. The average molecular weight is 249 g/mol. The number of carbonyl (C=O) groups is 1. The van der Waals surface area contributed by atoms with Crippen molar-refractivity contribution < 1.29 is 14.3 Å². The molecule has 0 unspecified atom stereocenters.